The third kappa shape index (κ3) is 3.84. The van der Waals surface area contributed by atoms with Gasteiger partial charge in [0.1, 0.15) is 30.5 Å². The van der Waals surface area contributed by atoms with Crippen LogP contribution in [-0.4, -0.2) is 24.0 Å². The number of ether oxygens (including phenoxy) is 2. The van der Waals surface area contributed by atoms with E-state index < -0.39 is 10.8 Å². The fraction of sp³-hybridized carbons (Fsp3) is 0.125. The second kappa shape index (κ2) is 7.55. The molecule has 0 aliphatic carbocycles. The summed E-state index contributed by atoms with van der Waals surface area (Å²) in [7, 11) is 0. The van der Waals surface area contributed by atoms with Crippen LogP contribution in [0.3, 0.4) is 0 Å². The first-order valence-corrected chi connectivity index (χ1v) is 8.90. The van der Waals surface area contributed by atoms with Crippen molar-refractivity contribution in [3.63, 3.8) is 0 Å². The van der Waals surface area contributed by atoms with Crippen LogP contribution in [0.15, 0.2) is 33.6 Å². The Morgan fingerprint density at radius 2 is 2.04 bits per heavy atom. The van der Waals surface area contributed by atoms with E-state index in [1.165, 1.54) is 29.5 Å². The Balaban J connectivity index is 1.91. The SMILES string of the molecule is N#CC(=Cc1cc(Br)cs1)C(=O)Nc1cc2c(cc1[N+](=O)[O-])OCCO2. The normalized spacial score (nSPS) is 13.0. The second-order valence-corrected chi connectivity index (χ2v) is 6.92. The van der Waals surface area contributed by atoms with Gasteiger partial charge < -0.3 is 14.8 Å². The zero-order valence-electron chi connectivity index (χ0n) is 13.0. The number of fused-ring (bicyclic) bond motifs is 1. The highest BCUT2D eigenvalue weighted by molar-refractivity contribution is 9.10. The minimum absolute atomic E-state index is 0.0715. The summed E-state index contributed by atoms with van der Waals surface area (Å²) in [6, 6.07) is 6.07. The molecule has 1 amide bonds. The predicted octanol–water partition coefficient (Wildman–Crippen LogP) is 3.74. The highest BCUT2D eigenvalue weighted by Gasteiger charge is 2.24. The van der Waals surface area contributed by atoms with Crippen LogP contribution in [-0.2, 0) is 4.79 Å². The molecule has 0 atom stereocenters. The molecule has 1 N–H and O–H groups in total. The molecule has 0 saturated heterocycles. The molecule has 0 unspecified atom stereocenters. The van der Waals surface area contributed by atoms with Gasteiger partial charge in [0.15, 0.2) is 11.5 Å². The molecule has 0 bridgehead atoms. The van der Waals surface area contributed by atoms with Crippen LogP contribution >= 0.6 is 27.3 Å². The lowest BCUT2D eigenvalue weighted by atomic mass is 10.2. The summed E-state index contributed by atoms with van der Waals surface area (Å²) in [5, 5.41) is 24.8. The van der Waals surface area contributed by atoms with Crippen LogP contribution < -0.4 is 14.8 Å². The molecule has 2 aromatic rings. The van der Waals surface area contributed by atoms with Crippen molar-refractivity contribution in [2.75, 3.05) is 18.5 Å². The molecule has 132 valence electrons. The van der Waals surface area contributed by atoms with Crippen molar-refractivity contribution >= 4 is 50.6 Å². The van der Waals surface area contributed by atoms with Crippen molar-refractivity contribution in [2.24, 2.45) is 0 Å². The summed E-state index contributed by atoms with van der Waals surface area (Å²) < 4.78 is 11.5. The van der Waals surface area contributed by atoms with Gasteiger partial charge in [0.05, 0.1) is 11.0 Å². The molecule has 26 heavy (non-hydrogen) atoms. The van der Waals surface area contributed by atoms with E-state index in [2.05, 4.69) is 21.2 Å². The summed E-state index contributed by atoms with van der Waals surface area (Å²) in [5.74, 6) is -0.223. The monoisotopic (exact) mass is 435 g/mol. The Labute approximate surface area is 159 Å². The zero-order chi connectivity index (χ0) is 18.7. The zero-order valence-corrected chi connectivity index (χ0v) is 15.4. The molecule has 0 saturated carbocycles. The van der Waals surface area contributed by atoms with Crippen LogP contribution in [0, 0.1) is 21.4 Å². The van der Waals surface area contributed by atoms with E-state index >= 15 is 0 Å². The first kappa shape index (κ1) is 17.9. The van der Waals surface area contributed by atoms with Crippen LogP contribution in [0.25, 0.3) is 6.08 Å². The van der Waals surface area contributed by atoms with Crippen LogP contribution in [0.2, 0.25) is 0 Å². The van der Waals surface area contributed by atoms with Gasteiger partial charge in [0.25, 0.3) is 11.6 Å². The quantitative estimate of drug-likeness (QED) is 0.338. The van der Waals surface area contributed by atoms with Crippen molar-refractivity contribution in [3.05, 3.63) is 48.6 Å². The van der Waals surface area contributed by atoms with Crippen molar-refractivity contribution in [1.82, 2.24) is 0 Å². The lowest BCUT2D eigenvalue weighted by Gasteiger charge is -2.19. The van der Waals surface area contributed by atoms with Crippen molar-refractivity contribution in [1.29, 1.82) is 5.26 Å². The fourth-order valence-corrected chi connectivity index (χ4v) is 3.59. The first-order chi connectivity index (χ1) is 12.5. The second-order valence-electron chi connectivity index (χ2n) is 5.06. The molecule has 1 aliphatic rings. The van der Waals surface area contributed by atoms with Gasteiger partial charge in [-0.15, -0.1) is 11.3 Å². The molecule has 0 radical (unpaired) electrons. The van der Waals surface area contributed by atoms with E-state index in [1.54, 1.807) is 12.1 Å². The van der Waals surface area contributed by atoms with E-state index in [9.17, 15) is 20.2 Å². The molecule has 10 heteroatoms. The average Bonchev–Trinajstić information content (AvgIpc) is 3.03. The van der Waals surface area contributed by atoms with Gasteiger partial charge in [0, 0.05) is 20.8 Å². The number of thiophene rings is 1. The Morgan fingerprint density at radius 1 is 1.35 bits per heavy atom. The number of hydrogen-bond acceptors (Lipinski definition) is 7. The molecule has 1 aliphatic heterocycles. The average molecular weight is 436 g/mol. The lowest BCUT2D eigenvalue weighted by molar-refractivity contribution is -0.384. The molecule has 2 heterocycles. The van der Waals surface area contributed by atoms with Gasteiger partial charge in [0.2, 0.25) is 0 Å². The Bertz CT molecular complexity index is 963. The molecule has 3 rings (SSSR count). The topological polar surface area (TPSA) is 114 Å². The third-order valence-electron chi connectivity index (χ3n) is 3.34. The maximum absolute atomic E-state index is 12.4. The number of anilines is 1. The maximum atomic E-state index is 12.4. The molecule has 0 spiro atoms. The van der Waals surface area contributed by atoms with Gasteiger partial charge in [-0.25, -0.2) is 0 Å². The lowest BCUT2D eigenvalue weighted by Crippen LogP contribution is -2.18. The predicted molar refractivity (Wildman–Crippen MR) is 98.3 cm³/mol. The molecular weight excluding hydrogens is 426 g/mol. The number of rotatable bonds is 4. The van der Waals surface area contributed by atoms with E-state index in [0.717, 1.165) is 4.47 Å². The van der Waals surface area contributed by atoms with Crippen molar-refractivity contribution < 1.29 is 19.2 Å². The van der Waals surface area contributed by atoms with Gasteiger partial charge in [-0.05, 0) is 28.1 Å². The van der Waals surface area contributed by atoms with Crippen LogP contribution in [0.1, 0.15) is 4.88 Å². The Kier molecular flexibility index (Phi) is 5.20. The number of halogens is 1. The molecule has 1 aromatic carbocycles. The minimum Gasteiger partial charge on any atom is -0.486 e. The van der Waals surface area contributed by atoms with Crippen LogP contribution in [0.4, 0.5) is 11.4 Å². The number of hydrogen-bond donors (Lipinski definition) is 1. The fourth-order valence-electron chi connectivity index (χ4n) is 2.21. The van der Waals surface area contributed by atoms with E-state index in [0.29, 0.717) is 17.2 Å². The van der Waals surface area contributed by atoms with Gasteiger partial charge in [-0.2, -0.15) is 5.26 Å². The summed E-state index contributed by atoms with van der Waals surface area (Å²) in [5.41, 5.74) is -0.597. The third-order valence-corrected chi connectivity index (χ3v) is 4.99. The number of benzene rings is 1. The molecule has 1 aromatic heterocycles. The molecule has 0 fully saturated rings. The highest BCUT2D eigenvalue weighted by Crippen LogP contribution is 2.39. The summed E-state index contributed by atoms with van der Waals surface area (Å²) in [6.45, 7) is 0.586. The molecule has 8 nitrogen and oxygen atoms in total. The van der Waals surface area contributed by atoms with Crippen LogP contribution in [0.5, 0.6) is 11.5 Å². The number of nitro benzene ring substituents is 1. The summed E-state index contributed by atoms with van der Waals surface area (Å²) in [4.78, 5) is 23.7. The standard InChI is InChI=1S/C16H10BrN3O5S/c17-10-4-11(26-8-10)3-9(7-18)16(21)19-12-5-14-15(25-2-1-24-14)6-13(12)20(22)23/h3-6,8H,1-2H2,(H,19,21). The Hall–Kier alpha value is -2.90. The van der Waals surface area contributed by atoms with Crippen molar-refractivity contribution in [2.45, 2.75) is 0 Å². The smallest absolute Gasteiger partial charge is 0.296 e. The number of carbonyl (C=O) groups is 1. The van der Waals surface area contributed by atoms with Crippen molar-refractivity contribution in [3.8, 4) is 17.6 Å². The van der Waals surface area contributed by atoms with Gasteiger partial charge >= 0.3 is 0 Å². The number of nitrogens with zero attached hydrogens (tertiary/aromatic N) is 2. The number of nitrogens with one attached hydrogen (secondary N) is 1. The Morgan fingerprint density at radius 3 is 2.62 bits per heavy atom. The van der Waals surface area contributed by atoms with E-state index in [-0.39, 0.29) is 29.3 Å². The summed E-state index contributed by atoms with van der Waals surface area (Å²) in [6.07, 6.45) is 1.41. The number of amides is 1. The number of nitriles is 1. The molecular formula is C16H10BrN3O5S. The maximum Gasteiger partial charge on any atom is 0.296 e. The van der Waals surface area contributed by atoms with E-state index in [1.807, 2.05) is 5.38 Å². The first-order valence-electron chi connectivity index (χ1n) is 7.23. The number of nitro groups is 1. The minimum atomic E-state index is -0.753. The largest absolute Gasteiger partial charge is 0.486 e. The summed E-state index contributed by atoms with van der Waals surface area (Å²) >= 11 is 4.64. The number of carbonyl (C=O) groups excluding carboxylic acids is 1. The van der Waals surface area contributed by atoms with E-state index in [4.69, 9.17) is 9.47 Å². The van der Waals surface area contributed by atoms with Gasteiger partial charge in [-0.1, -0.05) is 0 Å². The highest BCUT2D eigenvalue weighted by atomic mass is 79.9. The van der Waals surface area contributed by atoms with Gasteiger partial charge in [-0.3, -0.25) is 14.9 Å².